The highest BCUT2D eigenvalue weighted by atomic mass is 19.1. The summed E-state index contributed by atoms with van der Waals surface area (Å²) in [6.45, 7) is 5.18. The number of nitrogens with one attached hydrogen (secondary N) is 1. The van der Waals surface area contributed by atoms with E-state index in [1.54, 1.807) is 25.1 Å². The fraction of sp³-hybridized carbons (Fsp3) is 0.333. The average Bonchev–Trinajstić information content (AvgIpc) is 3.08. The molecule has 0 aliphatic rings. The van der Waals surface area contributed by atoms with Crippen molar-refractivity contribution in [2.45, 2.75) is 38.6 Å². The van der Waals surface area contributed by atoms with Gasteiger partial charge in [-0.05, 0) is 31.4 Å². The van der Waals surface area contributed by atoms with E-state index >= 15 is 0 Å². The standard InChI is InChI=1S/C18H20FN3O4/c1-3-4-5-14(18(24)25)20-15(23)8-9-16-21-17(22-26-16)12-7-6-11(2)13(19)10-12/h3,6-7,10,14H,1,4-5,8-9H2,2H3,(H,20,23)(H,24,25). The van der Waals surface area contributed by atoms with Gasteiger partial charge in [0.25, 0.3) is 0 Å². The molecule has 0 aliphatic carbocycles. The summed E-state index contributed by atoms with van der Waals surface area (Å²) >= 11 is 0. The Labute approximate surface area is 149 Å². The molecule has 1 unspecified atom stereocenters. The fourth-order valence-electron chi connectivity index (χ4n) is 2.23. The lowest BCUT2D eigenvalue weighted by molar-refractivity contribution is -0.142. The van der Waals surface area contributed by atoms with Crippen LogP contribution in [0.1, 0.15) is 30.7 Å². The van der Waals surface area contributed by atoms with Crippen LogP contribution in [0.15, 0.2) is 35.4 Å². The highest BCUT2D eigenvalue weighted by Gasteiger charge is 2.19. The molecule has 1 aromatic heterocycles. The number of hydrogen-bond donors (Lipinski definition) is 2. The molecule has 1 amide bonds. The molecule has 2 rings (SSSR count). The Bertz CT molecular complexity index is 803. The second-order valence-corrected chi connectivity index (χ2v) is 5.80. The van der Waals surface area contributed by atoms with E-state index in [1.807, 2.05) is 0 Å². The van der Waals surface area contributed by atoms with Crippen molar-refractivity contribution in [3.8, 4) is 11.4 Å². The molecule has 0 saturated heterocycles. The van der Waals surface area contributed by atoms with Crippen LogP contribution in [0.4, 0.5) is 4.39 Å². The van der Waals surface area contributed by atoms with Crippen LogP contribution < -0.4 is 5.32 Å². The molecule has 138 valence electrons. The van der Waals surface area contributed by atoms with Crippen molar-refractivity contribution in [3.05, 3.63) is 48.1 Å². The Kier molecular flexibility index (Phi) is 6.60. The van der Waals surface area contributed by atoms with Crippen LogP contribution in [0, 0.1) is 12.7 Å². The molecule has 2 N–H and O–H groups in total. The van der Waals surface area contributed by atoms with Crippen LogP contribution in [-0.4, -0.2) is 33.2 Å². The largest absolute Gasteiger partial charge is 0.480 e. The van der Waals surface area contributed by atoms with E-state index in [1.165, 1.54) is 6.07 Å². The lowest BCUT2D eigenvalue weighted by Crippen LogP contribution is -2.40. The number of rotatable bonds is 9. The van der Waals surface area contributed by atoms with Crippen molar-refractivity contribution in [1.82, 2.24) is 15.5 Å². The number of carbonyl (C=O) groups is 2. The highest BCUT2D eigenvalue weighted by Crippen LogP contribution is 2.19. The summed E-state index contributed by atoms with van der Waals surface area (Å²) in [7, 11) is 0. The van der Waals surface area contributed by atoms with Gasteiger partial charge < -0.3 is 14.9 Å². The topological polar surface area (TPSA) is 105 Å². The first-order chi connectivity index (χ1) is 12.4. The monoisotopic (exact) mass is 361 g/mol. The summed E-state index contributed by atoms with van der Waals surface area (Å²) in [4.78, 5) is 27.2. The molecule has 26 heavy (non-hydrogen) atoms. The lowest BCUT2D eigenvalue weighted by atomic mass is 10.1. The number of aryl methyl sites for hydroxylation is 2. The molecule has 0 bridgehead atoms. The smallest absolute Gasteiger partial charge is 0.326 e. The summed E-state index contributed by atoms with van der Waals surface area (Å²) < 4.78 is 18.7. The van der Waals surface area contributed by atoms with Crippen LogP contribution in [0.25, 0.3) is 11.4 Å². The number of aromatic nitrogens is 2. The number of benzene rings is 1. The SMILES string of the molecule is C=CCCC(NC(=O)CCc1nc(-c2ccc(C)c(F)c2)no1)C(=O)O. The molecule has 1 aromatic carbocycles. The maximum atomic E-state index is 13.6. The molecule has 0 fully saturated rings. The first-order valence-corrected chi connectivity index (χ1v) is 8.13. The summed E-state index contributed by atoms with van der Waals surface area (Å²) in [5.74, 6) is -1.44. The van der Waals surface area contributed by atoms with Gasteiger partial charge in [0.05, 0.1) is 0 Å². The summed E-state index contributed by atoms with van der Waals surface area (Å²) in [6.07, 6.45) is 2.50. The molecule has 0 spiro atoms. The number of halogens is 1. The lowest BCUT2D eigenvalue weighted by Gasteiger charge is -2.12. The van der Waals surface area contributed by atoms with E-state index < -0.39 is 17.9 Å². The third-order valence-electron chi connectivity index (χ3n) is 3.76. The molecule has 8 heteroatoms. The van der Waals surface area contributed by atoms with E-state index in [0.717, 1.165) is 0 Å². The van der Waals surface area contributed by atoms with E-state index in [0.29, 0.717) is 17.5 Å². The second kappa shape index (κ2) is 8.89. The van der Waals surface area contributed by atoms with Crippen molar-refractivity contribution < 1.29 is 23.6 Å². The zero-order valence-electron chi connectivity index (χ0n) is 14.4. The third kappa shape index (κ3) is 5.23. The van der Waals surface area contributed by atoms with E-state index in [-0.39, 0.29) is 36.8 Å². The molecule has 1 atom stereocenters. The van der Waals surface area contributed by atoms with Crippen LogP contribution in [0.3, 0.4) is 0 Å². The van der Waals surface area contributed by atoms with Gasteiger partial charge in [-0.25, -0.2) is 9.18 Å². The highest BCUT2D eigenvalue weighted by molar-refractivity contribution is 5.83. The zero-order chi connectivity index (χ0) is 19.1. The Morgan fingerprint density at radius 3 is 2.88 bits per heavy atom. The van der Waals surface area contributed by atoms with Gasteiger partial charge in [0.2, 0.25) is 17.6 Å². The van der Waals surface area contributed by atoms with Gasteiger partial charge >= 0.3 is 5.97 Å². The molecular formula is C18H20FN3O4. The first kappa shape index (κ1) is 19.3. The van der Waals surface area contributed by atoms with Crippen molar-refractivity contribution in [2.24, 2.45) is 0 Å². The molecule has 7 nitrogen and oxygen atoms in total. The Balaban J connectivity index is 1.92. The minimum absolute atomic E-state index is 0.00175. The number of carbonyl (C=O) groups excluding carboxylic acids is 1. The number of nitrogens with zero attached hydrogens (tertiary/aromatic N) is 2. The molecule has 1 heterocycles. The van der Waals surface area contributed by atoms with Crippen molar-refractivity contribution in [2.75, 3.05) is 0 Å². The Hall–Kier alpha value is -3.03. The van der Waals surface area contributed by atoms with Gasteiger partial charge in [0.1, 0.15) is 11.9 Å². The average molecular weight is 361 g/mol. The van der Waals surface area contributed by atoms with Crippen LogP contribution >= 0.6 is 0 Å². The summed E-state index contributed by atoms with van der Waals surface area (Å²) in [5, 5.41) is 15.3. The predicted molar refractivity (Wildman–Crippen MR) is 91.7 cm³/mol. The van der Waals surface area contributed by atoms with Gasteiger partial charge in [-0.15, -0.1) is 6.58 Å². The van der Waals surface area contributed by atoms with Crippen molar-refractivity contribution >= 4 is 11.9 Å². The number of carboxylic acids is 1. The van der Waals surface area contributed by atoms with Crippen LogP contribution in [0.2, 0.25) is 0 Å². The van der Waals surface area contributed by atoms with Gasteiger partial charge in [-0.3, -0.25) is 4.79 Å². The van der Waals surface area contributed by atoms with Crippen LogP contribution in [0.5, 0.6) is 0 Å². The first-order valence-electron chi connectivity index (χ1n) is 8.13. The number of aliphatic carboxylic acids is 1. The van der Waals surface area contributed by atoms with Crippen molar-refractivity contribution in [1.29, 1.82) is 0 Å². The van der Waals surface area contributed by atoms with Gasteiger partial charge in [-0.1, -0.05) is 23.4 Å². The zero-order valence-corrected chi connectivity index (χ0v) is 14.4. The minimum atomic E-state index is -1.10. The Morgan fingerprint density at radius 2 is 2.23 bits per heavy atom. The number of hydrogen-bond acceptors (Lipinski definition) is 5. The maximum absolute atomic E-state index is 13.6. The van der Waals surface area contributed by atoms with Crippen molar-refractivity contribution in [3.63, 3.8) is 0 Å². The normalized spacial score (nSPS) is 11.8. The number of allylic oxidation sites excluding steroid dienone is 1. The molecule has 0 saturated carbocycles. The fourth-order valence-corrected chi connectivity index (χ4v) is 2.23. The molecule has 0 aliphatic heterocycles. The summed E-state index contributed by atoms with van der Waals surface area (Å²) in [5.41, 5.74) is 0.987. The summed E-state index contributed by atoms with van der Waals surface area (Å²) in [6, 6.07) is 3.64. The second-order valence-electron chi connectivity index (χ2n) is 5.80. The number of carboxylic acid groups (broad SMARTS) is 1. The quantitative estimate of drug-likeness (QED) is 0.665. The third-order valence-corrected chi connectivity index (χ3v) is 3.76. The predicted octanol–water partition coefficient (Wildman–Crippen LogP) is 2.65. The Morgan fingerprint density at radius 1 is 1.46 bits per heavy atom. The van der Waals surface area contributed by atoms with Gasteiger partial charge in [0.15, 0.2) is 0 Å². The van der Waals surface area contributed by atoms with E-state index in [2.05, 4.69) is 22.0 Å². The molecule has 0 radical (unpaired) electrons. The minimum Gasteiger partial charge on any atom is -0.480 e. The van der Waals surface area contributed by atoms with Gasteiger partial charge in [0, 0.05) is 18.4 Å². The van der Waals surface area contributed by atoms with Crippen LogP contribution in [-0.2, 0) is 16.0 Å². The molecular weight excluding hydrogens is 341 g/mol. The van der Waals surface area contributed by atoms with E-state index in [4.69, 9.17) is 9.63 Å². The maximum Gasteiger partial charge on any atom is 0.326 e. The van der Waals surface area contributed by atoms with Gasteiger partial charge in [-0.2, -0.15) is 4.98 Å². The molecule has 2 aromatic rings. The van der Waals surface area contributed by atoms with E-state index in [9.17, 15) is 14.0 Å². The number of amides is 1.